The zero-order valence-electron chi connectivity index (χ0n) is 10.7. The molecule has 0 bridgehead atoms. The molecular formula is C12H10BrF3N2O3. The molecule has 9 heteroatoms. The van der Waals surface area contributed by atoms with Gasteiger partial charge in [-0.25, -0.2) is 4.79 Å². The summed E-state index contributed by atoms with van der Waals surface area (Å²) in [5.41, 5.74) is 1.16. The van der Waals surface area contributed by atoms with Crippen molar-refractivity contribution in [1.82, 2.24) is 0 Å². The van der Waals surface area contributed by atoms with Crippen LogP contribution in [0.4, 0.5) is 18.9 Å². The minimum absolute atomic E-state index is 0.179. The Hall–Kier alpha value is -1.90. The number of anilines is 1. The van der Waals surface area contributed by atoms with E-state index >= 15 is 0 Å². The Kier molecular flexibility index (Phi) is 5.89. The number of carbonyl (C=O) groups is 2. The molecule has 1 rings (SSSR count). The fourth-order valence-electron chi connectivity index (χ4n) is 1.17. The smallest absolute Gasteiger partial charge is 0.456 e. The second kappa shape index (κ2) is 7.21. The van der Waals surface area contributed by atoms with E-state index in [0.29, 0.717) is 5.69 Å². The quantitative estimate of drug-likeness (QED) is 0.376. The topological polar surface area (TPSA) is 67.8 Å². The average Bonchev–Trinajstić information content (AvgIpc) is 2.40. The van der Waals surface area contributed by atoms with Gasteiger partial charge in [-0.2, -0.15) is 18.3 Å². The maximum absolute atomic E-state index is 12.4. The van der Waals surface area contributed by atoms with Crippen LogP contribution in [0.1, 0.15) is 6.92 Å². The first-order chi connectivity index (χ1) is 9.75. The Morgan fingerprint density at radius 2 is 1.86 bits per heavy atom. The van der Waals surface area contributed by atoms with Gasteiger partial charge in [0.05, 0.1) is 12.3 Å². The van der Waals surface area contributed by atoms with Gasteiger partial charge in [-0.05, 0) is 31.2 Å². The molecule has 1 aromatic rings. The van der Waals surface area contributed by atoms with Crippen LogP contribution in [0, 0.1) is 0 Å². The Bertz CT molecular complexity index is 556. The molecule has 0 saturated heterocycles. The van der Waals surface area contributed by atoms with E-state index in [4.69, 9.17) is 0 Å². The summed E-state index contributed by atoms with van der Waals surface area (Å²) in [5, 5.41) is 3.22. The Balaban J connectivity index is 3.00. The second-order valence-electron chi connectivity index (χ2n) is 3.63. The number of nitrogens with zero attached hydrogens (tertiary/aromatic N) is 1. The third kappa shape index (κ3) is 5.18. The summed E-state index contributed by atoms with van der Waals surface area (Å²) in [5.74, 6) is -3.81. The highest BCUT2D eigenvalue weighted by atomic mass is 79.9. The number of nitrogens with one attached hydrogen (secondary N) is 1. The lowest BCUT2D eigenvalue weighted by atomic mass is 10.2. The van der Waals surface area contributed by atoms with Gasteiger partial charge in [0.1, 0.15) is 0 Å². The molecule has 0 amide bonds. The fourth-order valence-corrected chi connectivity index (χ4v) is 1.43. The van der Waals surface area contributed by atoms with Gasteiger partial charge in [0.25, 0.3) is 5.78 Å². The van der Waals surface area contributed by atoms with Crippen LogP contribution in [0.25, 0.3) is 0 Å². The highest BCUT2D eigenvalue weighted by Gasteiger charge is 2.45. The molecule has 0 aliphatic rings. The predicted molar refractivity (Wildman–Crippen MR) is 72.9 cm³/mol. The molecule has 0 aliphatic heterocycles. The standard InChI is InChI=1S/C12H10BrF3N2O3/c1-2-21-11(20)9(10(19)12(14,15)16)18-17-8-5-3-7(13)4-6-8/h3-6,17H,2H2,1H3/b18-9+. The summed E-state index contributed by atoms with van der Waals surface area (Å²) in [4.78, 5) is 22.5. The van der Waals surface area contributed by atoms with Gasteiger partial charge in [0.2, 0.25) is 5.71 Å². The van der Waals surface area contributed by atoms with Crippen LogP contribution in [0.5, 0.6) is 0 Å². The Labute approximate surface area is 126 Å². The predicted octanol–water partition coefficient (Wildman–Crippen LogP) is 2.91. The maximum atomic E-state index is 12.4. The molecule has 0 heterocycles. The van der Waals surface area contributed by atoms with E-state index in [0.717, 1.165) is 4.47 Å². The largest absolute Gasteiger partial charge is 0.461 e. The molecule has 114 valence electrons. The third-order valence-corrected chi connectivity index (χ3v) is 2.61. The van der Waals surface area contributed by atoms with Crippen LogP contribution in [-0.4, -0.2) is 30.2 Å². The molecule has 0 aromatic heterocycles. The molecular weight excluding hydrogens is 357 g/mol. The number of esters is 1. The van der Waals surface area contributed by atoms with Gasteiger partial charge >= 0.3 is 12.1 Å². The summed E-state index contributed by atoms with van der Waals surface area (Å²) in [6.45, 7) is 1.22. The molecule has 0 atom stereocenters. The average molecular weight is 367 g/mol. The fraction of sp³-hybridized carbons (Fsp3) is 0.250. The van der Waals surface area contributed by atoms with E-state index in [-0.39, 0.29) is 6.61 Å². The van der Waals surface area contributed by atoms with Crippen LogP contribution in [0.3, 0.4) is 0 Å². The van der Waals surface area contributed by atoms with E-state index < -0.39 is 23.6 Å². The minimum atomic E-state index is -5.22. The normalized spacial score (nSPS) is 12.0. The van der Waals surface area contributed by atoms with Crippen molar-refractivity contribution in [2.24, 2.45) is 5.10 Å². The van der Waals surface area contributed by atoms with E-state index in [1.807, 2.05) is 0 Å². The number of hydrazone groups is 1. The number of alkyl halides is 3. The van der Waals surface area contributed by atoms with Crippen molar-refractivity contribution in [3.63, 3.8) is 0 Å². The van der Waals surface area contributed by atoms with Gasteiger partial charge in [0, 0.05) is 4.47 Å². The molecule has 0 unspecified atom stereocenters. The van der Waals surface area contributed by atoms with Crippen molar-refractivity contribution < 1.29 is 27.5 Å². The van der Waals surface area contributed by atoms with Gasteiger partial charge in [-0.1, -0.05) is 15.9 Å². The molecule has 21 heavy (non-hydrogen) atoms. The summed E-state index contributed by atoms with van der Waals surface area (Å²) in [6.07, 6.45) is -5.22. The summed E-state index contributed by atoms with van der Waals surface area (Å²) in [6, 6.07) is 6.20. The van der Waals surface area contributed by atoms with Crippen LogP contribution in [0.15, 0.2) is 33.8 Å². The number of hydrogen-bond donors (Lipinski definition) is 1. The molecule has 1 aromatic carbocycles. The third-order valence-electron chi connectivity index (χ3n) is 2.08. The molecule has 5 nitrogen and oxygen atoms in total. The van der Waals surface area contributed by atoms with Gasteiger partial charge < -0.3 is 4.74 Å². The van der Waals surface area contributed by atoms with Crippen molar-refractivity contribution >= 4 is 39.1 Å². The van der Waals surface area contributed by atoms with E-state index in [2.05, 4.69) is 31.2 Å². The molecule has 0 saturated carbocycles. The number of carbonyl (C=O) groups excluding carboxylic acids is 2. The Morgan fingerprint density at radius 3 is 2.33 bits per heavy atom. The molecule has 1 N–H and O–H groups in total. The molecule has 0 fully saturated rings. The SMILES string of the molecule is CCOC(=O)/C(=N/Nc1ccc(Br)cc1)C(=O)C(F)(F)F. The van der Waals surface area contributed by atoms with Crippen LogP contribution in [-0.2, 0) is 14.3 Å². The molecule has 0 spiro atoms. The monoisotopic (exact) mass is 366 g/mol. The van der Waals surface area contributed by atoms with E-state index in [9.17, 15) is 22.8 Å². The molecule has 0 aliphatic carbocycles. The lowest BCUT2D eigenvalue weighted by molar-refractivity contribution is -0.164. The van der Waals surface area contributed by atoms with E-state index in [1.165, 1.54) is 19.1 Å². The maximum Gasteiger partial charge on any atom is 0.456 e. The number of hydrogen-bond acceptors (Lipinski definition) is 5. The van der Waals surface area contributed by atoms with Crippen molar-refractivity contribution in [2.45, 2.75) is 13.1 Å². The first kappa shape index (κ1) is 17.2. The highest BCUT2D eigenvalue weighted by Crippen LogP contribution is 2.18. The van der Waals surface area contributed by atoms with Gasteiger partial charge in [-0.3, -0.25) is 10.2 Å². The highest BCUT2D eigenvalue weighted by molar-refractivity contribution is 9.10. The number of benzene rings is 1. The van der Waals surface area contributed by atoms with Crippen molar-refractivity contribution in [3.8, 4) is 0 Å². The number of ether oxygens (including phenoxy) is 1. The first-order valence-electron chi connectivity index (χ1n) is 5.63. The van der Waals surface area contributed by atoms with Crippen LogP contribution in [0.2, 0.25) is 0 Å². The minimum Gasteiger partial charge on any atom is -0.461 e. The van der Waals surface area contributed by atoms with Crippen molar-refractivity contribution in [2.75, 3.05) is 12.0 Å². The first-order valence-corrected chi connectivity index (χ1v) is 6.43. The van der Waals surface area contributed by atoms with E-state index in [1.54, 1.807) is 12.1 Å². The zero-order chi connectivity index (χ0) is 16.0. The summed E-state index contributed by atoms with van der Waals surface area (Å²) < 4.78 is 42.4. The van der Waals surface area contributed by atoms with Crippen LogP contribution >= 0.6 is 15.9 Å². The number of halogens is 4. The summed E-state index contributed by atoms with van der Waals surface area (Å²) >= 11 is 3.18. The van der Waals surface area contributed by atoms with Crippen molar-refractivity contribution in [1.29, 1.82) is 0 Å². The van der Waals surface area contributed by atoms with Gasteiger partial charge in [-0.15, -0.1) is 0 Å². The van der Waals surface area contributed by atoms with Crippen LogP contribution < -0.4 is 5.43 Å². The second-order valence-corrected chi connectivity index (χ2v) is 4.54. The Morgan fingerprint density at radius 1 is 1.29 bits per heavy atom. The zero-order valence-corrected chi connectivity index (χ0v) is 12.3. The number of rotatable bonds is 5. The lowest BCUT2D eigenvalue weighted by Crippen LogP contribution is -2.37. The van der Waals surface area contributed by atoms with Crippen molar-refractivity contribution in [3.05, 3.63) is 28.7 Å². The molecule has 0 radical (unpaired) electrons. The van der Waals surface area contributed by atoms with Gasteiger partial charge in [0.15, 0.2) is 0 Å². The number of ketones is 1. The number of Topliss-reactive ketones (excluding diaryl/α,β-unsaturated/α-hetero) is 1. The lowest BCUT2D eigenvalue weighted by Gasteiger charge is -2.08. The summed E-state index contributed by atoms with van der Waals surface area (Å²) in [7, 11) is 0.